The predicted molar refractivity (Wildman–Crippen MR) is 112 cm³/mol. The maximum Gasteiger partial charge on any atom is 0.0951 e. The molecule has 1 atom stereocenters. The average Bonchev–Trinajstić information content (AvgIpc) is 3.08. The second-order valence-corrected chi connectivity index (χ2v) is 7.74. The van der Waals surface area contributed by atoms with E-state index in [0.717, 1.165) is 12.0 Å². The van der Waals surface area contributed by atoms with Crippen LogP contribution < -0.4 is 0 Å². The van der Waals surface area contributed by atoms with Gasteiger partial charge in [0.05, 0.1) is 12.4 Å². The van der Waals surface area contributed by atoms with Crippen LogP contribution in [0.1, 0.15) is 53.5 Å². The Morgan fingerprint density at radius 2 is 2.04 bits per heavy atom. The van der Waals surface area contributed by atoms with E-state index >= 15 is 0 Å². The molecule has 2 nitrogen and oxygen atoms in total. The van der Waals surface area contributed by atoms with Gasteiger partial charge in [0.2, 0.25) is 0 Å². The van der Waals surface area contributed by atoms with Crippen LogP contribution in [-0.2, 0) is 22.4 Å². The molecule has 0 saturated carbocycles. The molecule has 0 N–H and O–H groups in total. The molecule has 1 unspecified atom stereocenters. The number of hydrogen-bond acceptors (Lipinski definition) is 1. The van der Waals surface area contributed by atoms with Crippen LogP contribution in [0.3, 0.4) is 0 Å². The van der Waals surface area contributed by atoms with Gasteiger partial charge in [0.1, 0.15) is 0 Å². The maximum atomic E-state index is 4.22. The van der Waals surface area contributed by atoms with Crippen molar-refractivity contribution in [3.05, 3.63) is 90.1 Å². The Morgan fingerprint density at radius 3 is 2.67 bits per heavy atom. The van der Waals surface area contributed by atoms with Crippen molar-refractivity contribution in [2.24, 2.45) is 5.41 Å². The second kappa shape index (κ2) is 10.7. The van der Waals surface area contributed by atoms with E-state index in [0.29, 0.717) is 6.04 Å². The van der Waals surface area contributed by atoms with Crippen LogP contribution in [0.15, 0.2) is 84.0 Å². The van der Waals surface area contributed by atoms with Crippen molar-refractivity contribution in [3.63, 3.8) is 0 Å². The van der Waals surface area contributed by atoms with E-state index < -0.39 is 0 Å². The summed E-state index contributed by atoms with van der Waals surface area (Å²) in [5, 5.41) is 0. The fraction of sp³-hybridized carbons (Fsp3) is 0.375. The minimum Gasteiger partial charge on any atom is -0.330 e. The number of nitrogens with zero attached hydrogens (tertiary/aromatic N) is 2. The minimum absolute atomic E-state index is 0. The normalized spacial score (nSPS) is 21.0. The van der Waals surface area contributed by atoms with Crippen LogP contribution in [0.5, 0.6) is 0 Å². The van der Waals surface area contributed by atoms with Crippen molar-refractivity contribution in [3.8, 4) is 0 Å². The van der Waals surface area contributed by atoms with Gasteiger partial charge in [0, 0.05) is 34.8 Å². The van der Waals surface area contributed by atoms with Crippen molar-refractivity contribution < 1.29 is 22.4 Å². The first-order chi connectivity index (χ1) is 12.3. The number of aromatic nitrogens is 2. The number of allylic oxidation sites excluding steroid dienone is 11. The van der Waals surface area contributed by atoms with Gasteiger partial charge in [-0.3, -0.25) is 6.08 Å². The monoisotopic (exact) mass is 440 g/mol. The number of rotatable bonds is 6. The van der Waals surface area contributed by atoms with Gasteiger partial charge < -0.3 is 4.57 Å². The van der Waals surface area contributed by atoms with Gasteiger partial charge in [-0.05, 0) is 43.3 Å². The third kappa shape index (κ3) is 6.49. The van der Waals surface area contributed by atoms with Crippen molar-refractivity contribution >= 4 is 0 Å². The topological polar surface area (TPSA) is 17.8 Å². The van der Waals surface area contributed by atoms with Crippen molar-refractivity contribution in [1.29, 1.82) is 0 Å². The van der Waals surface area contributed by atoms with Crippen LogP contribution in [0.2, 0.25) is 0 Å². The molecule has 2 rings (SSSR count). The Labute approximate surface area is 180 Å². The van der Waals surface area contributed by atoms with Gasteiger partial charge in [-0.15, -0.1) is 13.0 Å². The summed E-state index contributed by atoms with van der Waals surface area (Å²) in [4.78, 5) is 4.22. The first-order valence-corrected chi connectivity index (χ1v) is 9.26. The molecule has 0 amide bonds. The number of hydrogen-bond donors (Lipinski definition) is 0. The van der Waals surface area contributed by atoms with Crippen molar-refractivity contribution in [2.45, 2.75) is 53.5 Å². The van der Waals surface area contributed by atoms with E-state index in [1.807, 2.05) is 25.5 Å². The third-order valence-corrected chi connectivity index (χ3v) is 5.14. The molecule has 0 saturated heterocycles. The standard InChI is InChI=1S/C24H31N2.Nb/c1-7-9-19(2)10-8-11-20(3)12-13-22-21(4)23(14-15-24(22,5)6)26-17-16-25-18-26;/h8-13,16-18,23H,1,14-15H2,2-6H3;/q-1;/b10-8+,13-12+,19-9+,20-11+;. The zero-order valence-electron chi connectivity index (χ0n) is 17.2. The summed E-state index contributed by atoms with van der Waals surface area (Å²) in [5.41, 5.74) is 5.46. The van der Waals surface area contributed by atoms with Gasteiger partial charge in [0.15, 0.2) is 0 Å². The molecule has 1 aromatic heterocycles. The zero-order valence-corrected chi connectivity index (χ0v) is 19.4. The van der Waals surface area contributed by atoms with Crippen LogP contribution >= 0.6 is 0 Å². The summed E-state index contributed by atoms with van der Waals surface area (Å²) in [6.07, 6.45) is 23.7. The predicted octanol–water partition coefficient (Wildman–Crippen LogP) is 6.55. The van der Waals surface area contributed by atoms with Crippen molar-refractivity contribution in [1.82, 2.24) is 9.55 Å². The average molecular weight is 440 g/mol. The molecule has 0 aliphatic heterocycles. The van der Waals surface area contributed by atoms with Gasteiger partial charge >= 0.3 is 0 Å². The molecule has 27 heavy (non-hydrogen) atoms. The third-order valence-electron chi connectivity index (χ3n) is 5.14. The summed E-state index contributed by atoms with van der Waals surface area (Å²) in [6, 6.07) is 0.414. The van der Waals surface area contributed by atoms with Crippen LogP contribution in [0.4, 0.5) is 0 Å². The summed E-state index contributed by atoms with van der Waals surface area (Å²) >= 11 is 0. The van der Waals surface area contributed by atoms with Crippen molar-refractivity contribution in [2.75, 3.05) is 0 Å². The molecule has 1 aliphatic carbocycles. The summed E-state index contributed by atoms with van der Waals surface area (Å²) in [6.45, 7) is 14.7. The van der Waals surface area contributed by atoms with E-state index in [4.69, 9.17) is 0 Å². The first-order valence-electron chi connectivity index (χ1n) is 9.26. The molecule has 1 heterocycles. The minimum atomic E-state index is 0. The fourth-order valence-electron chi connectivity index (χ4n) is 3.58. The molecule has 1 aromatic rings. The molecule has 0 bridgehead atoms. The quantitative estimate of drug-likeness (QED) is 0.279. The van der Waals surface area contributed by atoms with E-state index in [1.165, 1.54) is 23.1 Å². The Hall–Kier alpha value is -1.61. The molecule has 0 aromatic carbocycles. The Kier molecular flexibility index (Phi) is 9.25. The zero-order chi connectivity index (χ0) is 19.2. The Morgan fingerprint density at radius 1 is 1.30 bits per heavy atom. The Bertz CT molecular complexity index is 771. The van der Waals surface area contributed by atoms with E-state index in [1.54, 1.807) is 0 Å². The molecule has 0 spiro atoms. The molecule has 1 radical (unpaired) electrons. The molecular formula is C24H31N2Nb-. The molecular weight excluding hydrogens is 409 g/mol. The summed E-state index contributed by atoms with van der Waals surface area (Å²) in [5.74, 6) is 0. The van der Waals surface area contributed by atoms with E-state index in [2.05, 4.69) is 86.5 Å². The largest absolute Gasteiger partial charge is 0.330 e. The summed E-state index contributed by atoms with van der Waals surface area (Å²) < 4.78 is 2.23. The van der Waals surface area contributed by atoms with E-state index in [9.17, 15) is 0 Å². The van der Waals surface area contributed by atoms with E-state index in [-0.39, 0.29) is 27.8 Å². The fourth-order valence-corrected chi connectivity index (χ4v) is 3.58. The molecule has 143 valence electrons. The summed E-state index contributed by atoms with van der Waals surface area (Å²) in [7, 11) is 0. The van der Waals surface area contributed by atoms with Gasteiger partial charge in [-0.2, -0.15) is 12.2 Å². The van der Waals surface area contributed by atoms with Gasteiger partial charge in [-0.25, -0.2) is 11.1 Å². The SMILES string of the molecule is C=[C-]/C=C(C)/C=C/C=C(C)/C=C/C1=C(C)C(n2ccnc2)CCC1(C)C.[Nb]. The molecule has 0 fully saturated rings. The van der Waals surface area contributed by atoms with Gasteiger partial charge in [-0.1, -0.05) is 43.7 Å². The van der Waals surface area contributed by atoms with Crippen LogP contribution in [0, 0.1) is 11.5 Å². The van der Waals surface area contributed by atoms with Gasteiger partial charge in [0.25, 0.3) is 0 Å². The second-order valence-electron chi connectivity index (χ2n) is 7.74. The van der Waals surface area contributed by atoms with Crippen LogP contribution in [-0.4, -0.2) is 9.55 Å². The first kappa shape index (κ1) is 23.4. The Balaban J connectivity index is 0.00000364. The smallest absolute Gasteiger partial charge is 0.0951 e. The molecule has 1 aliphatic rings. The maximum absolute atomic E-state index is 4.22. The molecule has 3 heteroatoms. The van der Waals surface area contributed by atoms with Crippen LogP contribution in [0.25, 0.3) is 0 Å². The number of imidazole rings is 1.